The van der Waals surface area contributed by atoms with Gasteiger partial charge in [0.1, 0.15) is 11.2 Å². The first-order valence-corrected chi connectivity index (χ1v) is 7.95. The highest BCUT2D eigenvalue weighted by molar-refractivity contribution is 7.91. The minimum absolute atomic E-state index is 0.233. The van der Waals surface area contributed by atoms with Gasteiger partial charge in [0.25, 0.3) is 0 Å². The van der Waals surface area contributed by atoms with Gasteiger partial charge in [-0.25, -0.2) is 13.4 Å². The molecule has 20 heavy (non-hydrogen) atoms. The zero-order valence-corrected chi connectivity index (χ0v) is 12.2. The second kappa shape index (κ2) is 4.17. The van der Waals surface area contributed by atoms with Crippen molar-refractivity contribution in [3.8, 4) is 11.5 Å². The Kier molecular flexibility index (Phi) is 2.68. The number of aryl methyl sites for hydroxylation is 2. The number of H-pyrrole nitrogens is 1. The lowest BCUT2D eigenvalue weighted by molar-refractivity contribution is 0.602. The first-order chi connectivity index (χ1) is 9.36. The summed E-state index contributed by atoms with van der Waals surface area (Å²) >= 11 is 0. The lowest BCUT2D eigenvalue weighted by Gasteiger charge is -1.97. The number of benzene rings is 1. The van der Waals surface area contributed by atoms with Gasteiger partial charge in [-0.05, 0) is 25.1 Å². The average molecular weight is 290 g/mol. The Bertz CT molecular complexity index is 906. The predicted molar refractivity (Wildman–Crippen MR) is 76.1 cm³/mol. The fourth-order valence-corrected chi connectivity index (χ4v) is 3.09. The molecule has 0 aliphatic heterocycles. The van der Waals surface area contributed by atoms with Crippen LogP contribution in [-0.4, -0.2) is 34.4 Å². The summed E-state index contributed by atoms with van der Waals surface area (Å²) in [5.41, 5.74) is 2.86. The number of nitrogens with zero attached hydrogens (tertiary/aromatic N) is 3. The lowest BCUT2D eigenvalue weighted by Crippen LogP contribution is -1.98. The van der Waals surface area contributed by atoms with E-state index in [0.717, 1.165) is 11.4 Å². The molecule has 0 bridgehead atoms. The Morgan fingerprint density at radius 3 is 2.65 bits per heavy atom. The van der Waals surface area contributed by atoms with Crippen LogP contribution in [0, 0.1) is 6.92 Å². The zero-order valence-electron chi connectivity index (χ0n) is 11.4. The highest BCUT2D eigenvalue weighted by Crippen LogP contribution is 2.25. The molecule has 7 heteroatoms. The number of imidazole rings is 1. The molecule has 0 saturated carbocycles. The minimum Gasteiger partial charge on any atom is -0.337 e. The van der Waals surface area contributed by atoms with Crippen LogP contribution in [-0.2, 0) is 16.9 Å². The molecule has 1 aromatic carbocycles. The van der Waals surface area contributed by atoms with Crippen LogP contribution in [0.4, 0.5) is 0 Å². The third-order valence-corrected chi connectivity index (χ3v) is 4.25. The zero-order chi connectivity index (χ0) is 14.5. The number of fused-ring (bicyclic) bond motifs is 1. The largest absolute Gasteiger partial charge is 0.337 e. The molecule has 0 saturated heterocycles. The van der Waals surface area contributed by atoms with Gasteiger partial charge in [0.05, 0.1) is 16.1 Å². The van der Waals surface area contributed by atoms with Crippen LogP contribution in [0.15, 0.2) is 29.2 Å². The van der Waals surface area contributed by atoms with Crippen molar-refractivity contribution in [2.75, 3.05) is 6.26 Å². The van der Waals surface area contributed by atoms with Gasteiger partial charge in [0.2, 0.25) is 0 Å². The maximum Gasteiger partial charge on any atom is 0.177 e. The number of aromatic nitrogens is 4. The van der Waals surface area contributed by atoms with E-state index in [1.165, 1.54) is 6.26 Å². The first-order valence-electron chi connectivity index (χ1n) is 6.06. The highest BCUT2D eigenvalue weighted by Gasteiger charge is 2.17. The molecular formula is C13H14N4O2S. The topological polar surface area (TPSA) is 80.6 Å². The Balaban J connectivity index is 2.29. The van der Waals surface area contributed by atoms with Gasteiger partial charge in [0, 0.05) is 13.3 Å². The molecule has 0 fully saturated rings. The maximum absolute atomic E-state index is 11.8. The summed E-state index contributed by atoms with van der Waals surface area (Å²) < 4.78 is 25.3. The van der Waals surface area contributed by atoms with Gasteiger partial charge in [-0.3, -0.25) is 4.68 Å². The lowest BCUT2D eigenvalue weighted by atomic mass is 10.3. The van der Waals surface area contributed by atoms with Crippen LogP contribution >= 0.6 is 0 Å². The molecule has 0 atom stereocenters. The summed E-state index contributed by atoms with van der Waals surface area (Å²) in [6.07, 6.45) is 1.18. The number of hydrogen-bond acceptors (Lipinski definition) is 4. The quantitative estimate of drug-likeness (QED) is 0.778. The SMILES string of the molecule is Cc1cc(-c2nc3c(S(C)(=O)=O)cccc3[nH]2)n(C)n1. The van der Waals surface area contributed by atoms with Crippen molar-refractivity contribution in [1.82, 2.24) is 19.7 Å². The second-order valence-electron chi connectivity index (χ2n) is 4.80. The van der Waals surface area contributed by atoms with Crippen LogP contribution in [0.3, 0.4) is 0 Å². The molecule has 1 N–H and O–H groups in total. The van der Waals surface area contributed by atoms with Crippen molar-refractivity contribution < 1.29 is 8.42 Å². The molecule has 0 radical (unpaired) electrons. The van der Waals surface area contributed by atoms with E-state index in [-0.39, 0.29) is 4.90 Å². The van der Waals surface area contributed by atoms with E-state index in [0.29, 0.717) is 16.9 Å². The molecule has 0 aliphatic rings. The van der Waals surface area contributed by atoms with Crippen molar-refractivity contribution in [2.24, 2.45) is 7.05 Å². The second-order valence-corrected chi connectivity index (χ2v) is 6.79. The van der Waals surface area contributed by atoms with Gasteiger partial charge < -0.3 is 4.98 Å². The molecule has 0 spiro atoms. The number of sulfone groups is 1. The number of aromatic amines is 1. The van der Waals surface area contributed by atoms with Crippen molar-refractivity contribution in [3.05, 3.63) is 30.0 Å². The Hall–Kier alpha value is -2.15. The van der Waals surface area contributed by atoms with Gasteiger partial charge >= 0.3 is 0 Å². The summed E-state index contributed by atoms with van der Waals surface area (Å²) in [7, 11) is -1.48. The molecule has 3 aromatic rings. The van der Waals surface area contributed by atoms with Gasteiger partial charge in [-0.1, -0.05) is 6.07 Å². The third kappa shape index (κ3) is 2.00. The van der Waals surface area contributed by atoms with Crippen molar-refractivity contribution in [3.63, 3.8) is 0 Å². The number of para-hydroxylation sites is 1. The molecule has 2 aromatic heterocycles. The van der Waals surface area contributed by atoms with Crippen LogP contribution in [0.25, 0.3) is 22.6 Å². The molecule has 0 amide bonds. The van der Waals surface area contributed by atoms with Gasteiger partial charge in [0.15, 0.2) is 15.7 Å². The molecule has 3 rings (SSSR count). The minimum atomic E-state index is -3.31. The van der Waals surface area contributed by atoms with Crippen molar-refractivity contribution in [2.45, 2.75) is 11.8 Å². The van der Waals surface area contributed by atoms with Crippen LogP contribution in [0.2, 0.25) is 0 Å². The number of rotatable bonds is 2. The molecule has 0 unspecified atom stereocenters. The molecule has 2 heterocycles. The number of hydrogen-bond donors (Lipinski definition) is 1. The Labute approximate surface area is 116 Å². The van der Waals surface area contributed by atoms with E-state index in [2.05, 4.69) is 15.1 Å². The Morgan fingerprint density at radius 1 is 1.30 bits per heavy atom. The van der Waals surface area contributed by atoms with Crippen molar-refractivity contribution in [1.29, 1.82) is 0 Å². The normalized spacial score (nSPS) is 12.2. The van der Waals surface area contributed by atoms with Crippen LogP contribution < -0.4 is 0 Å². The van der Waals surface area contributed by atoms with Crippen molar-refractivity contribution >= 4 is 20.9 Å². The van der Waals surface area contributed by atoms with Gasteiger partial charge in [-0.2, -0.15) is 5.10 Å². The van der Waals surface area contributed by atoms with E-state index in [1.54, 1.807) is 16.8 Å². The Morgan fingerprint density at radius 2 is 2.05 bits per heavy atom. The monoisotopic (exact) mass is 290 g/mol. The maximum atomic E-state index is 11.8. The van der Waals surface area contributed by atoms with Gasteiger partial charge in [-0.15, -0.1) is 0 Å². The summed E-state index contributed by atoms with van der Waals surface area (Å²) in [5, 5.41) is 4.27. The van der Waals surface area contributed by atoms with Crippen LogP contribution in [0.5, 0.6) is 0 Å². The summed E-state index contributed by atoms with van der Waals surface area (Å²) in [4.78, 5) is 7.80. The third-order valence-electron chi connectivity index (χ3n) is 3.12. The summed E-state index contributed by atoms with van der Waals surface area (Å²) in [6.45, 7) is 1.90. The fourth-order valence-electron chi connectivity index (χ4n) is 2.26. The smallest absolute Gasteiger partial charge is 0.177 e. The predicted octanol–water partition coefficient (Wildman–Crippen LogP) is 1.68. The van der Waals surface area contributed by atoms with E-state index < -0.39 is 9.84 Å². The van der Waals surface area contributed by atoms with E-state index in [9.17, 15) is 8.42 Å². The molecule has 6 nitrogen and oxygen atoms in total. The van der Waals surface area contributed by atoms with E-state index in [4.69, 9.17) is 0 Å². The first kappa shape index (κ1) is 12.9. The highest BCUT2D eigenvalue weighted by atomic mass is 32.2. The molecular weight excluding hydrogens is 276 g/mol. The summed E-state index contributed by atoms with van der Waals surface area (Å²) in [5.74, 6) is 0.610. The van der Waals surface area contributed by atoms with E-state index in [1.807, 2.05) is 26.1 Å². The molecule has 0 aliphatic carbocycles. The standard InChI is InChI=1S/C13H14N4O2S/c1-8-7-10(17(2)16-8)13-14-9-5-4-6-11(12(9)15-13)20(3,18)19/h4-7H,1-3H3,(H,14,15). The average Bonchev–Trinajstić information content (AvgIpc) is 2.89. The van der Waals surface area contributed by atoms with E-state index >= 15 is 0 Å². The number of nitrogens with one attached hydrogen (secondary N) is 1. The fraction of sp³-hybridized carbons (Fsp3) is 0.231. The molecule has 104 valence electrons. The van der Waals surface area contributed by atoms with Crippen LogP contribution in [0.1, 0.15) is 5.69 Å². The summed E-state index contributed by atoms with van der Waals surface area (Å²) in [6, 6.07) is 6.98.